The van der Waals surface area contributed by atoms with Gasteiger partial charge in [-0.05, 0) is 0 Å². The first-order valence-corrected chi connectivity index (χ1v) is 3.81. The molecule has 84 valence electrons. The summed E-state index contributed by atoms with van der Waals surface area (Å²) in [6, 6.07) is 0. The molecule has 1 heterocycles. The van der Waals surface area contributed by atoms with Gasteiger partial charge < -0.3 is 10.5 Å². The minimum atomic E-state index is -4.44. The van der Waals surface area contributed by atoms with Gasteiger partial charge in [0.2, 0.25) is 0 Å². The predicted octanol–water partition coefficient (Wildman–Crippen LogP) is 0.814. The smallest absolute Gasteiger partial charge is 0.408 e. The normalized spacial score (nSPS) is 11.5. The van der Waals surface area contributed by atoms with Crippen molar-refractivity contribution in [1.82, 2.24) is 9.78 Å². The van der Waals surface area contributed by atoms with E-state index in [0.717, 1.165) is 13.3 Å². The molecule has 0 spiro atoms. The number of nitrogen functional groups attached to an aromatic ring is 1. The maximum atomic E-state index is 12.0. The fourth-order valence-electron chi connectivity index (χ4n) is 0.958. The van der Waals surface area contributed by atoms with E-state index in [1.807, 2.05) is 0 Å². The molecule has 0 unspecified atom stereocenters. The molecule has 2 N–H and O–H groups in total. The van der Waals surface area contributed by atoms with Gasteiger partial charge in [0.15, 0.2) is 0 Å². The van der Waals surface area contributed by atoms with Gasteiger partial charge in [-0.25, -0.2) is 9.48 Å². The average Bonchev–Trinajstić information content (AvgIpc) is 2.45. The summed E-state index contributed by atoms with van der Waals surface area (Å²) in [4.78, 5) is 11.0. The molecular formula is C7H8F3N3O2. The van der Waals surface area contributed by atoms with E-state index in [9.17, 15) is 18.0 Å². The molecule has 0 aliphatic heterocycles. The topological polar surface area (TPSA) is 70.1 Å². The summed E-state index contributed by atoms with van der Waals surface area (Å²) in [6.45, 7) is -1.34. The van der Waals surface area contributed by atoms with Crippen molar-refractivity contribution in [2.24, 2.45) is 0 Å². The van der Waals surface area contributed by atoms with E-state index < -0.39 is 18.7 Å². The van der Waals surface area contributed by atoms with E-state index in [-0.39, 0.29) is 11.4 Å². The molecule has 1 aromatic heterocycles. The van der Waals surface area contributed by atoms with Crippen LogP contribution in [0.2, 0.25) is 0 Å². The van der Waals surface area contributed by atoms with Gasteiger partial charge in [-0.3, -0.25) is 0 Å². The number of hydrogen-bond acceptors (Lipinski definition) is 4. The summed E-state index contributed by atoms with van der Waals surface area (Å²) in [5.41, 5.74) is 5.11. The second-order valence-corrected chi connectivity index (χ2v) is 2.71. The molecule has 0 radical (unpaired) electrons. The summed E-state index contributed by atoms with van der Waals surface area (Å²) in [7, 11) is 1.10. The van der Waals surface area contributed by atoms with Gasteiger partial charge in [0.1, 0.15) is 17.9 Å². The van der Waals surface area contributed by atoms with Gasteiger partial charge in [-0.2, -0.15) is 18.3 Å². The standard InChI is InChI=1S/C7H8F3N3O2/c1-15-6(14)4-2-12-13(5(4)11)3-7(8,9)10/h2H,3,11H2,1H3. The van der Waals surface area contributed by atoms with Gasteiger partial charge >= 0.3 is 12.1 Å². The molecule has 0 amide bonds. The molecular weight excluding hydrogens is 215 g/mol. The van der Waals surface area contributed by atoms with Crippen molar-refractivity contribution in [1.29, 1.82) is 0 Å². The third-order valence-corrected chi connectivity index (χ3v) is 1.61. The summed E-state index contributed by atoms with van der Waals surface area (Å²) in [6.07, 6.45) is -3.50. The molecule has 0 aliphatic rings. The van der Waals surface area contributed by atoms with Crippen LogP contribution in [0.25, 0.3) is 0 Å². The minimum absolute atomic E-state index is 0.179. The summed E-state index contributed by atoms with van der Waals surface area (Å²) < 4.78 is 40.7. The maximum Gasteiger partial charge on any atom is 0.408 e. The van der Waals surface area contributed by atoms with E-state index in [0.29, 0.717) is 4.68 Å². The molecule has 0 aromatic carbocycles. The Labute approximate surface area is 82.6 Å². The summed E-state index contributed by atoms with van der Waals surface area (Å²) in [5.74, 6) is -1.18. The SMILES string of the molecule is COC(=O)c1cnn(CC(F)(F)F)c1N. The number of alkyl halides is 3. The molecule has 15 heavy (non-hydrogen) atoms. The first-order valence-electron chi connectivity index (χ1n) is 3.81. The molecule has 8 heteroatoms. The predicted molar refractivity (Wildman–Crippen MR) is 44.0 cm³/mol. The van der Waals surface area contributed by atoms with Gasteiger partial charge in [0, 0.05) is 0 Å². The van der Waals surface area contributed by atoms with Crippen LogP contribution in [0.3, 0.4) is 0 Å². The Kier molecular flexibility index (Phi) is 2.87. The van der Waals surface area contributed by atoms with E-state index in [2.05, 4.69) is 9.84 Å². The van der Waals surface area contributed by atoms with Crippen LogP contribution in [0, 0.1) is 0 Å². The van der Waals surface area contributed by atoms with Crippen molar-refractivity contribution in [2.75, 3.05) is 12.8 Å². The Bertz CT molecular complexity index is 372. The van der Waals surface area contributed by atoms with Crippen molar-refractivity contribution in [2.45, 2.75) is 12.7 Å². The summed E-state index contributed by atoms with van der Waals surface area (Å²) in [5, 5.41) is 3.34. The van der Waals surface area contributed by atoms with E-state index in [1.54, 1.807) is 0 Å². The van der Waals surface area contributed by atoms with Crippen molar-refractivity contribution in [3.05, 3.63) is 11.8 Å². The van der Waals surface area contributed by atoms with E-state index >= 15 is 0 Å². The van der Waals surface area contributed by atoms with Crippen LogP contribution in [0.1, 0.15) is 10.4 Å². The molecule has 1 rings (SSSR count). The fraction of sp³-hybridized carbons (Fsp3) is 0.429. The zero-order chi connectivity index (χ0) is 11.6. The molecule has 0 fully saturated rings. The van der Waals surface area contributed by atoms with Gasteiger partial charge in [-0.15, -0.1) is 0 Å². The van der Waals surface area contributed by atoms with Gasteiger partial charge in [-0.1, -0.05) is 0 Å². The Morgan fingerprint density at radius 2 is 2.27 bits per heavy atom. The van der Waals surface area contributed by atoms with Gasteiger partial charge in [0.05, 0.1) is 13.3 Å². The first kappa shape index (κ1) is 11.3. The second-order valence-electron chi connectivity index (χ2n) is 2.71. The lowest BCUT2D eigenvalue weighted by atomic mass is 10.3. The quantitative estimate of drug-likeness (QED) is 0.753. The lowest BCUT2D eigenvalue weighted by molar-refractivity contribution is -0.142. The highest BCUT2D eigenvalue weighted by molar-refractivity contribution is 5.93. The number of halogens is 3. The van der Waals surface area contributed by atoms with Crippen molar-refractivity contribution in [3.63, 3.8) is 0 Å². The molecule has 0 aliphatic carbocycles. The Morgan fingerprint density at radius 3 is 2.73 bits per heavy atom. The molecule has 0 bridgehead atoms. The van der Waals surface area contributed by atoms with E-state index in [4.69, 9.17) is 5.73 Å². The molecule has 0 saturated carbocycles. The van der Waals surface area contributed by atoms with Crippen LogP contribution in [-0.4, -0.2) is 29.0 Å². The number of rotatable bonds is 2. The highest BCUT2D eigenvalue weighted by atomic mass is 19.4. The van der Waals surface area contributed by atoms with Gasteiger partial charge in [0.25, 0.3) is 0 Å². The number of anilines is 1. The lowest BCUT2D eigenvalue weighted by Gasteiger charge is -2.07. The number of nitrogens with two attached hydrogens (primary N) is 1. The highest BCUT2D eigenvalue weighted by Crippen LogP contribution is 2.20. The number of esters is 1. The van der Waals surface area contributed by atoms with Crippen LogP contribution >= 0.6 is 0 Å². The van der Waals surface area contributed by atoms with E-state index in [1.165, 1.54) is 0 Å². The Hall–Kier alpha value is -1.73. The Morgan fingerprint density at radius 1 is 1.67 bits per heavy atom. The van der Waals surface area contributed by atoms with Crippen LogP contribution in [0.15, 0.2) is 6.20 Å². The highest BCUT2D eigenvalue weighted by Gasteiger charge is 2.30. The third-order valence-electron chi connectivity index (χ3n) is 1.61. The van der Waals surface area contributed by atoms with Crippen LogP contribution in [0.4, 0.5) is 19.0 Å². The average molecular weight is 223 g/mol. The molecule has 0 atom stereocenters. The zero-order valence-corrected chi connectivity index (χ0v) is 7.71. The number of ether oxygens (including phenoxy) is 1. The third kappa shape index (κ3) is 2.61. The zero-order valence-electron chi connectivity index (χ0n) is 7.71. The van der Waals surface area contributed by atoms with Crippen molar-refractivity contribution < 1.29 is 22.7 Å². The lowest BCUT2D eigenvalue weighted by Crippen LogP contribution is -2.20. The van der Waals surface area contributed by atoms with Crippen LogP contribution in [0.5, 0.6) is 0 Å². The fourth-order valence-corrected chi connectivity index (χ4v) is 0.958. The van der Waals surface area contributed by atoms with Crippen LogP contribution < -0.4 is 5.73 Å². The largest absolute Gasteiger partial charge is 0.465 e. The monoisotopic (exact) mass is 223 g/mol. The Balaban J connectivity index is 2.94. The van der Waals surface area contributed by atoms with Crippen molar-refractivity contribution in [3.8, 4) is 0 Å². The number of hydrogen-bond donors (Lipinski definition) is 1. The summed E-state index contributed by atoms with van der Waals surface area (Å²) >= 11 is 0. The number of carbonyl (C=O) groups excluding carboxylic acids is 1. The number of methoxy groups -OCH3 is 1. The van der Waals surface area contributed by atoms with Crippen molar-refractivity contribution >= 4 is 11.8 Å². The molecule has 0 saturated heterocycles. The molecule has 5 nitrogen and oxygen atoms in total. The number of nitrogens with zero attached hydrogens (tertiary/aromatic N) is 2. The van der Waals surface area contributed by atoms with Crippen LogP contribution in [-0.2, 0) is 11.3 Å². The number of carbonyl (C=O) groups is 1. The second kappa shape index (κ2) is 3.79. The first-order chi connectivity index (χ1) is 6.85. The molecule has 1 aromatic rings. The maximum absolute atomic E-state index is 12.0. The minimum Gasteiger partial charge on any atom is -0.465 e. The number of aromatic nitrogens is 2.